The summed E-state index contributed by atoms with van der Waals surface area (Å²) in [6, 6.07) is 0. The van der Waals surface area contributed by atoms with Gasteiger partial charge in [-0.15, -0.1) is 5.10 Å². The van der Waals surface area contributed by atoms with Crippen molar-refractivity contribution in [2.75, 3.05) is 6.61 Å². The topological polar surface area (TPSA) is 57.0 Å². The lowest BCUT2D eigenvalue weighted by Crippen LogP contribution is -2.04. The van der Waals surface area contributed by atoms with Gasteiger partial charge in [0.25, 0.3) is 0 Å². The molecular formula is C9H13N3O2. The SMILES string of the molecule is CCOC(=O)C(C)=Cc1cn(C)nn1. The number of aryl methyl sites for hydroxylation is 1. The van der Waals surface area contributed by atoms with Crippen LogP contribution in [0.4, 0.5) is 0 Å². The molecule has 0 aromatic carbocycles. The number of nitrogens with zero attached hydrogens (tertiary/aromatic N) is 3. The number of rotatable bonds is 3. The molecule has 0 aliphatic carbocycles. The second kappa shape index (κ2) is 4.55. The third-order valence-electron chi connectivity index (χ3n) is 1.58. The molecule has 0 aliphatic rings. The first-order chi connectivity index (χ1) is 6.63. The highest BCUT2D eigenvalue weighted by Crippen LogP contribution is 2.03. The van der Waals surface area contributed by atoms with Crippen molar-refractivity contribution < 1.29 is 9.53 Å². The molecular weight excluding hydrogens is 182 g/mol. The summed E-state index contributed by atoms with van der Waals surface area (Å²) in [6.07, 6.45) is 3.37. The summed E-state index contributed by atoms with van der Waals surface area (Å²) in [6.45, 7) is 3.84. The maximum atomic E-state index is 11.2. The Bertz CT molecular complexity index is 355. The van der Waals surface area contributed by atoms with E-state index in [0.717, 1.165) is 0 Å². The second-order valence-corrected chi connectivity index (χ2v) is 2.86. The van der Waals surface area contributed by atoms with Crippen LogP contribution in [0.5, 0.6) is 0 Å². The molecule has 0 saturated carbocycles. The molecule has 5 nitrogen and oxygen atoms in total. The van der Waals surface area contributed by atoms with E-state index in [1.165, 1.54) is 0 Å². The maximum Gasteiger partial charge on any atom is 0.333 e. The van der Waals surface area contributed by atoms with Crippen LogP contribution in [0.15, 0.2) is 11.8 Å². The highest BCUT2D eigenvalue weighted by atomic mass is 16.5. The van der Waals surface area contributed by atoms with Crippen LogP contribution in [-0.4, -0.2) is 27.6 Å². The largest absolute Gasteiger partial charge is 0.463 e. The van der Waals surface area contributed by atoms with Gasteiger partial charge in [-0.1, -0.05) is 5.21 Å². The molecule has 0 radical (unpaired) electrons. The van der Waals surface area contributed by atoms with Crippen LogP contribution < -0.4 is 0 Å². The van der Waals surface area contributed by atoms with Crippen molar-refractivity contribution in [3.05, 3.63) is 17.5 Å². The van der Waals surface area contributed by atoms with Crippen molar-refractivity contribution in [2.45, 2.75) is 13.8 Å². The van der Waals surface area contributed by atoms with Gasteiger partial charge in [0.2, 0.25) is 0 Å². The van der Waals surface area contributed by atoms with E-state index >= 15 is 0 Å². The van der Waals surface area contributed by atoms with E-state index in [2.05, 4.69) is 10.3 Å². The molecule has 0 saturated heterocycles. The van der Waals surface area contributed by atoms with E-state index in [1.54, 1.807) is 37.8 Å². The lowest BCUT2D eigenvalue weighted by Gasteiger charge is -1.99. The molecule has 0 N–H and O–H groups in total. The molecule has 0 fully saturated rings. The van der Waals surface area contributed by atoms with E-state index in [1.807, 2.05) is 0 Å². The highest BCUT2D eigenvalue weighted by Gasteiger charge is 2.05. The zero-order valence-corrected chi connectivity index (χ0v) is 8.52. The van der Waals surface area contributed by atoms with Crippen LogP contribution in [0, 0.1) is 0 Å². The number of aromatic nitrogens is 3. The number of esters is 1. The van der Waals surface area contributed by atoms with Crippen LogP contribution in [-0.2, 0) is 16.6 Å². The summed E-state index contributed by atoms with van der Waals surface area (Å²) in [5.74, 6) is -0.321. The fraction of sp³-hybridized carbons (Fsp3) is 0.444. The fourth-order valence-corrected chi connectivity index (χ4v) is 0.957. The Kier molecular flexibility index (Phi) is 3.39. The van der Waals surface area contributed by atoms with E-state index in [9.17, 15) is 4.79 Å². The molecule has 0 aliphatic heterocycles. The number of hydrogen-bond acceptors (Lipinski definition) is 4. The first-order valence-electron chi connectivity index (χ1n) is 4.35. The predicted octanol–water partition coefficient (Wildman–Crippen LogP) is 0.782. The van der Waals surface area contributed by atoms with Gasteiger partial charge in [-0.2, -0.15) is 0 Å². The van der Waals surface area contributed by atoms with Crippen molar-refractivity contribution in [1.29, 1.82) is 0 Å². The standard InChI is InChI=1S/C9H13N3O2/c1-4-14-9(13)7(2)5-8-6-12(3)11-10-8/h5-6H,4H2,1-3H3. The molecule has 1 heterocycles. The van der Waals surface area contributed by atoms with E-state index in [4.69, 9.17) is 4.74 Å². The van der Waals surface area contributed by atoms with Gasteiger partial charge < -0.3 is 4.74 Å². The van der Waals surface area contributed by atoms with Crippen LogP contribution in [0.25, 0.3) is 6.08 Å². The number of carbonyl (C=O) groups excluding carboxylic acids is 1. The van der Waals surface area contributed by atoms with E-state index in [0.29, 0.717) is 17.9 Å². The third-order valence-corrected chi connectivity index (χ3v) is 1.58. The van der Waals surface area contributed by atoms with Gasteiger partial charge >= 0.3 is 5.97 Å². The quantitative estimate of drug-likeness (QED) is 0.528. The molecule has 0 atom stereocenters. The molecule has 5 heteroatoms. The molecule has 0 unspecified atom stereocenters. The summed E-state index contributed by atoms with van der Waals surface area (Å²) >= 11 is 0. The molecule has 1 aromatic heterocycles. The van der Waals surface area contributed by atoms with Gasteiger partial charge in [-0.05, 0) is 19.9 Å². The first-order valence-corrected chi connectivity index (χ1v) is 4.35. The van der Waals surface area contributed by atoms with Gasteiger partial charge in [0, 0.05) is 12.6 Å². The van der Waals surface area contributed by atoms with Crippen LogP contribution in [0.2, 0.25) is 0 Å². The minimum atomic E-state index is -0.321. The molecule has 1 rings (SSSR count). The summed E-state index contributed by atoms with van der Waals surface area (Å²) in [7, 11) is 1.77. The Labute approximate surface area is 82.4 Å². The second-order valence-electron chi connectivity index (χ2n) is 2.86. The minimum Gasteiger partial charge on any atom is -0.463 e. The Morgan fingerprint density at radius 3 is 2.93 bits per heavy atom. The Hall–Kier alpha value is -1.65. The van der Waals surface area contributed by atoms with Crippen molar-refractivity contribution in [3.8, 4) is 0 Å². The summed E-state index contributed by atoms with van der Waals surface area (Å²) in [5.41, 5.74) is 1.17. The van der Waals surface area contributed by atoms with Crippen LogP contribution >= 0.6 is 0 Å². The Balaban J connectivity index is 2.73. The predicted molar refractivity (Wildman–Crippen MR) is 51.3 cm³/mol. The number of hydrogen-bond donors (Lipinski definition) is 0. The van der Waals surface area contributed by atoms with Crippen molar-refractivity contribution in [1.82, 2.24) is 15.0 Å². The van der Waals surface area contributed by atoms with Gasteiger partial charge in [0.1, 0.15) is 5.69 Å². The molecule has 0 amide bonds. The van der Waals surface area contributed by atoms with E-state index < -0.39 is 0 Å². The minimum absolute atomic E-state index is 0.321. The lowest BCUT2D eigenvalue weighted by molar-refractivity contribution is -0.138. The lowest BCUT2D eigenvalue weighted by atomic mass is 10.2. The van der Waals surface area contributed by atoms with Crippen molar-refractivity contribution >= 4 is 12.0 Å². The average molecular weight is 195 g/mol. The average Bonchev–Trinajstić information content (AvgIpc) is 2.51. The Morgan fingerprint density at radius 2 is 2.43 bits per heavy atom. The van der Waals surface area contributed by atoms with Gasteiger partial charge in [0.05, 0.1) is 12.8 Å². The van der Waals surface area contributed by atoms with Gasteiger partial charge in [0.15, 0.2) is 0 Å². The van der Waals surface area contributed by atoms with Gasteiger partial charge in [-0.25, -0.2) is 4.79 Å². The fourth-order valence-electron chi connectivity index (χ4n) is 0.957. The van der Waals surface area contributed by atoms with Crippen LogP contribution in [0.1, 0.15) is 19.5 Å². The Morgan fingerprint density at radius 1 is 1.71 bits per heavy atom. The van der Waals surface area contributed by atoms with Crippen LogP contribution in [0.3, 0.4) is 0 Å². The summed E-state index contributed by atoms with van der Waals surface area (Å²) in [4.78, 5) is 11.2. The first kappa shape index (κ1) is 10.4. The highest BCUT2D eigenvalue weighted by molar-refractivity contribution is 5.92. The molecule has 14 heavy (non-hydrogen) atoms. The zero-order chi connectivity index (χ0) is 10.6. The molecule has 0 spiro atoms. The smallest absolute Gasteiger partial charge is 0.333 e. The molecule has 0 bridgehead atoms. The molecule has 1 aromatic rings. The van der Waals surface area contributed by atoms with Gasteiger partial charge in [-0.3, -0.25) is 4.68 Å². The maximum absolute atomic E-state index is 11.2. The zero-order valence-electron chi connectivity index (χ0n) is 8.52. The third kappa shape index (κ3) is 2.69. The van der Waals surface area contributed by atoms with Crippen molar-refractivity contribution in [2.24, 2.45) is 7.05 Å². The summed E-state index contributed by atoms with van der Waals surface area (Å²) < 4.78 is 6.39. The van der Waals surface area contributed by atoms with E-state index in [-0.39, 0.29) is 5.97 Å². The molecule has 76 valence electrons. The van der Waals surface area contributed by atoms with Crippen molar-refractivity contribution in [3.63, 3.8) is 0 Å². The normalized spacial score (nSPS) is 11.5. The summed E-state index contributed by atoms with van der Waals surface area (Å²) in [5, 5.41) is 7.57. The number of carbonyl (C=O) groups is 1. The monoisotopic (exact) mass is 195 g/mol. The number of ether oxygens (including phenoxy) is 1.